The fraction of sp³-hybridized carbons (Fsp3) is 0.154. The van der Waals surface area contributed by atoms with E-state index in [1.54, 1.807) is 30.5 Å². The highest BCUT2D eigenvalue weighted by molar-refractivity contribution is 5.56. The summed E-state index contributed by atoms with van der Waals surface area (Å²) in [4.78, 5) is 1.82. The molecule has 0 aromatic heterocycles. The summed E-state index contributed by atoms with van der Waals surface area (Å²) in [5, 5.41) is 26.7. The quantitative estimate of drug-likeness (QED) is 0.732. The minimum Gasteiger partial charge on any atom is -0.396 e. The molecular weight excluding hydrogens is 226 g/mol. The molecular formula is C13H11N5. The maximum absolute atomic E-state index is 9.18. The molecule has 2 N–H and O–H groups in total. The van der Waals surface area contributed by atoms with Crippen molar-refractivity contribution in [3.63, 3.8) is 0 Å². The predicted octanol–water partition coefficient (Wildman–Crippen LogP) is 1.43. The van der Waals surface area contributed by atoms with Gasteiger partial charge >= 0.3 is 0 Å². The molecule has 88 valence electrons. The number of nitriles is 3. The van der Waals surface area contributed by atoms with E-state index in [2.05, 4.69) is 0 Å². The Bertz CT molecular complexity index is 568. The van der Waals surface area contributed by atoms with Crippen molar-refractivity contribution in [3.8, 4) is 18.2 Å². The van der Waals surface area contributed by atoms with E-state index in [9.17, 15) is 5.26 Å². The number of hydrogen-bond donors (Lipinski definition) is 1. The fourth-order valence-electron chi connectivity index (χ4n) is 1.50. The molecule has 1 rings (SSSR count). The van der Waals surface area contributed by atoms with E-state index >= 15 is 0 Å². The highest BCUT2D eigenvalue weighted by atomic mass is 15.1. The van der Waals surface area contributed by atoms with Crippen LogP contribution >= 0.6 is 0 Å². The smallest absolute Gasteiger partial charge is 0.153 e. The summed E-state index contributed by atoms with van der Waals surface area (Å²) >= 11 is 0. The van der Waals surface area contributed by atoms with E-state index < -0.39 is 0 Å². The van der Waals surface area contributed by atoms with E-state index in [-0.39, 0.29) is 16.8 Å². The van der Waals surface area contributed by atoms with Crippen molar-refractivity contribution in [2.24, 2.45) is 5.73 Å². The van der Waals surface area contributed by atoms with E-state index in [1.165, 1.54) is 0 Å². The van der Waals surface area contributed by atoms with E-state index in [4.69, 9.17) is 16.3 Å². The van der Waals surface area contributed by atoms with Gasteiger partial charge in [-0.3, -0.25) is 0 Å². The van der Waals surface area contributed by atoms with Crippen LogP contribution in [-0.4, -0.2) is 11.4 Å². The first-order chi connectivity index (χ1) is 8.69. The summed E-state index contributed by atoms with van der Waals surface area (Å²) in [5.41, 5.74) is 6.09. The topological polar surface area (TPSA) is 101 Å². The Balaban J connectivity index is 3.44. The number of likely N-dealkylation sites (N-methyl/N-ethyl adjacent to an activating group) is 1. The molecule has 0 aromatic carbocycles. The Hall–Kier alpha value is -2.97. The van der Waals surface area contributed by atoms with E-state index in [0.29, 0.717) is 12.2 Å². The second-order valence-electron chi connectivity index (χ2n) is 3.37. The maximum atomic E-state index is 9.18. The third-order valence-corrected chi connectivity index (χ3v) is 2.41. The molecule has 0 saturated heterocycles. The summed E-state index contributed by atoms with van der Waals surface area (Å²) < 4.78 is 0. The molecule has 18 heavy (non-hydrogen) atoms. The molecule has 0 amide bonds. The van der Waals surface area contributed by atoms with Gasteiger partial charge in [0.1, 0.15) is 23.8 Å². The Labute approximate surface area is 106 Å². The zero-order valence-electron chi connectivity index (χ0n) is 9.88. The molecule has 0 aliphatic carbocycles. The average Bonchev–Trinajstić information content (AvgIpc) is 2.41. The Morgan fingerprint density at radius 3 is 2.39 bits per heavy atom. The van der Waals surface area contributed by atoms with E-state index in [0.717, 1.165) is 0 Å². The van der Waals surface area contributed by atoms with Crippen molar-refractivity contribution in [1.29, 1.82) is 15.8 Å². The van der Waals surface area contributed by atoms with Gasteiger partial charge in [-0.1, -0.05) is 6.08 Å². The van der Waals surface area contributed by atoms with Gasteiger partial charge in [-0.25, -0.2) is 0 Å². The number of allylic oxidation sites excluding steroid dienone is 5. The monoisotopic (exact) mass is 237 g/mol. The molecule has 1 heterocycles. The standard InChI is InChI=1S/C13H11N5/c1-2-18-6-4-3-5-12(18)11(9-16)13(17)10(7-14)8-15/h3-6H,2,17H2,1H3/b12-11-. The molecule has 0 aromatic rings. The lowest BCUT2D eigenvalue weighted by Crippen LogP contribution is -2.20. The van der Waals surface area contributed by atoms with Gasteiger partial charge in [-0.15, -0.1) is 0 Å². The summed E-state index contributed by atoms with van der Waals surface area (Å²) in [5.74, 6) is 0. The van der Waals surface area contributed by atoms with Crippen LogP contribution in [0.15, 0.2) is 47.0 Å². The predicted molar refractivity (Wildman–Crippen MR) is 65.7 cm³/mol. The lowest BCUT2D eigenvalue weighted by molar-refractivity contribution is 0.500. The SMILES string of the molecule is CCN1C=CC=C/C1=C(\C#N)C(N)=C(C#N)C#N. The Kier molecular flexibility index (Phi) is 4.32. The maximum Gasteiger partial charge on any atom is 0.153 e. The molecule has 1 aliphatic rings. The molecule has 0 spiro atoms. The molecule has 1 aliphatic heterocycles. The van der Waals surface area contributed by atoms with Crippen LogP contribution in [0, 0.1) is 34.0 Å². The highest BCUT2D eigenvalue weighted by Crippen LogP contribution is 2.21. The first kappa shape index (κ1) is 13.1. The molecule has 0 saturated carbocycles. The van der Waals surface area contributed by atoms with Crippen molar-refractivity contribution >= 4 is 0 Å². The molecule has 0 bridgehead atoms. The van der Waals surface area contributed by atoms with Crippen LogP contribution in [0.25, 0.3) is 0 Å². The third-order valence-electron chi connectivity index (χ3n) is 2.41. The lowest BCUT2D eigenvalue weighted by atomic mass is 10.1. The number of hydrogen-bond acceptors (Lipinski definition) is 5. The molecule has 0 fully saturated rings. The first-order valence-electron chi connectivity index (χ1n) is 5.25. The van der Waals surface area contributed by atoms with Crippen LogP contribution in [0.5, 0.6) is 0 Å². The average molecular weight is 237 g/mol. The normalized spacial score (nSPS) is 15.3. The largest absolute Gasteiger partial charge is 0.396 e. The van der Waals surface area contributed by atoms with Crippen molar-refractivity contribution < 1.29 is 0 Å². The summed E-state index contributed by atoms with van der Waals surface area (Å²) in [6.45, 7) is 2.58. The van der Waals surface area contributed by atoms with Crippen molar-refractivity contribution in [2.75, 3.05) is 6.54 Å². The number of nitrogens with two attached hydrogens (primary N) is 1. The summed E-state index contributed by atoms with van der Waals surface area (Å²) in [6, 6.07) is 5.32. The molecule has 5 heteroatoms. The van der Waals surface area contributed by atoms with Crippen LogP contribution in [0.2, 0.25) is 0 Å². The zero-order chi connectivity index (χ0) is 13.5. The molecule has 0 unspecified atom stereocenters. The van der Waals surface area contributed by atoms with Crippen LogP contribution in [0.3, 0.4) is 0 Å². The van der Waals surface area contributed by atoms with Crippen molar-refractivity contribution in [1.82, 2.24) is 4.90 Å². The van der Waals surface area contributed by atoms with Gasteiger partial charge in [0.25, 0.3) is 0 Å². The molecule has 5 nitrogen and oxygen atoms in total. The Morgan fingerprint density at radius 2 is 1.89 bits per heavy atom. The summed E-state index contributed by atoms with van der Waals surface area (Å²) in [6.07, 6.45) is 7.13. The highest BCUT2D eigenvalue weighted by Gasteiger charge is 2.16. The van der Waals surface area contributed by atoms with Gasteiger partial charge in [-0.05, 0) is 19.1 Å². The van der Waals surface area contributed by atoms with E-state index in [1.807, 2.05) is 24.0 Å². The van der Waals surface area contributed by atoms with Crippen LogP contribution < -0.4 is 5.73 Å². The van der Waals surface area contributed by atoms with Crippen molar-refractivity contribution in [3.05, 3.63) is 47.0 Å². The number of nitrogens with zero attached hydrogens (tertiary/aromatic N) is 4. The van der Waals surface area contributed by atoms with Crippen LogP contribution in [0.1, 0.15) is 6.92 Å². The molecule has 0 atom stereocenters. The minimum absolute atomic E-state index is 0.0871. The van der Waals surface area contributed by atoms with Gasteiger partial charge in [0.05, 0.1) is 11.4 Å². The van der Waals surface area contributed by atoms with Crippen molar-refractivity contribution in [2.45, 2.75) is 6.92 Å². The summed E-state index contributed by atoms with van der Waals surface area (Å²) in [7, 11) is 0. The lowest BCUT2D eigenvalue weighted by Gasteiger charge is -2.23. The third kappa shape index (κ3) is 2.40. The van der Waals surface area contributed by atoms with Gasteiger partial charge in [0.2, 0.25) is 0 Å². The van der Waals surface area contributed by atoms with Gasteiger partial charge < -0.3 is 10.6 Å². The van der Waals surface area contributed by atoms with Crippen LogP contribution in [0.4, 0.5) is 0 Å². The van der Waals surface area contributed by atoms with Gasteiger partial charge in [0, 0.05) is 12.7 Å². The second kappa shape index (κ2) is 5.94. The fourth-order valence-corrected chi connectivity index (χ4v) is 1.50. The number of rotatable bonds is 2. The van der Waals surface area contributed by atoms with Crippen LogP contribution in [-0.2, 0) is 0 Å². The van der Waals surface area contributed by atoms with Gasteiger partial charge in [-0.2, -0.15) is 15.8 Å². The molecule has 0 radical (unpaired) electrons. The Morgan fingerprint density at radius 1 is 1.22 bits per heavy atom. The zero-order valence-corrected chi connectivity index (χ0v) is 9.88. The minimum atomic E-state index is -0.252. The first-order valence-corrected chi connectivity index (χ1v) is 5.25. The van der Waals surface area contributed by atoms with Gasteiger partial charge in [0.15, 0.2) is 5.57 Å². The second-order valence-corrected chi connectivity index (χ2v) is 3.37.